The molecular weight excluding hydrogens is 225 g/mol. The second-order valence-electron chi connectivity index (χ2n) is 4.14. The Morgan fingerprint density at radius 1 is 1.56 bits per heavy atom. The third kappa shape index (κ3) is 2.04. The van der Waals surface area contributed by atoms with Gasteiger partial charge in [0.2, 0.25) is 0 Å². The number of nitrogens with one attached hydrogen (secondary N) is 1. The standard InChI is InChI=1S/C12H16FNOS/c1-3-14-11-6-8(2)16(15)12-5-4-9(13)7-10(11)12/h4-5,7-8,11,14H,3,6H2,1-2H3. The molecule has 1 aliphatic rings. The molecule has 0 radical (unpaired) electrons. The topological polar surface area (TPSA) is 29.1 Å². The summed E-state index contributed by atoms with van der Waals surface area (Å²) in [4.78, 5) is 0.783. The van der Waals surface area contributed by atoms with Crippen molar-refractivity contribution in [1.29, 1.82) is 0 Å². The summed E-state index contributed by atoms with van der Waals surface area (Å²) in [5.74, 6) is -0.256. The van der Waals surface area contributed by atoms with Crippen molar-refractivity contribution in [2.75, 3.05) is 6.54 Å². The lowest BCUT2D eigenvalue weighted by atomic mass is 10.0. The molecular formula is C12H16FNOS. The zero-order valence-electron chi connectivity index (χ0n) is 9.50. The van der Waals surface area contributed by atoms with E-state index in [4.69, 9.17) is 0 Å². The third-order valence-electron chi connectivity index (χ3n) is 2.95. The van der Waals surface area contributed by atoms with Crippen LogP contribution in [0.15, 0.2) is 23.1 Å². The zero-order valence-corrected chi connectivity index (χ0v) is 10.3. The first-order valence-corrected chi connectivity index (χ1v) is 6.78. The van der Waals surface area contributed by atoms with E-state index in [1.807, 2.05) is 13.8 Å². The van der Waals surface area contributed by atoms with Crippen molar-refractivity contribution in [1.82, 2.24) is 5.32 Å². The summed E-state index contributed by atoms with van der Waals surface area (Å²) >= 11 is 0. The lowest BCUT2D eigenvalue weighted by Crippen LogP contribution is -2.31. The van der Waals surface area contributed by atoms with Gasteiger partial charge in [0.1, 0.15) is 5.82 Å². The van der Waals surface area contributed by atoms with Gasteiger partial charge in [-0.15, -0.1) is 0 Å². The molecule has 1 aromatic rings. The van der Waals surface area contributed by atoms with E-state index in [0.717, 1.165) is 23.4 Å². The Morgan fingerprint density at radius 2 is 2.31 bits per heavy atom. The van der Waals surface area contributed by atoms with E-state index in [0.29, 0.717) is 0 Å². The molecule has 0 spiro atoms. The van der Waals surface area contributed by atoms with Gasteiger partial charge < -0.3 is 5.32 Å². The summed E-state index contributed by atoms with van der Waals surface area (Å²) in [6.45, 7) is 4.84. The van der Waals surface area contributed by atoms with E-state index in [-0.39, 0.29) is 17.1 Å². The van der Waals surface area contributed by atoms with Crippen LogP contribution >= 0.6 is 0 Å². The van der Waals surface area contributed by atoms with Gasteiger partial charge >= 0.3 is 0 Å². The van der Waals surface area contributed by atoms with Crippen LogP contribution in [0.3, 0.4) is 0 Å². The highest BCUT2D eigenvalue weighted by Crippen LogP contribution is 2.34. The first-order chi connectivity index (χ1) is 7.63. The second-order valence-corrected chi connectivity index (χ2v) is 5.98. The molecule has 0 saturated carbocycles. The first kappa shape index (κ1) is 11.7. The molecule has 0 aliphatic carbocycles. The van der Waals surface area contributed by atoms with Gasteiger partial charge in [-0.05, 0) is 36.7 Å². The van der Waals surface area contributed by atoms with Gasteiger partial charge in [0.15, 0.2) is 0 Å². The zero-order chi connectivity index (χ0) is 11.7. The van der Waals surface area contributed by atoms with Crippen molar-refractivity contribution in [3.05, 3.63) is 29.6 Å². The van der Waals surface area contributed by atoms with Crippen LogP contribution in [0.5, 0.6) is 0 Å². The van der Waals surface area contributed by atoms with Crippen molar-refractivity contribution in [3.63, 3.8) is 0 Å². The van der Waals surface area contributed by atoms with Gasteiger partial charge in [-0.25, -0.2) is 4.39 Å². The first-order valence-electron chi connectivity index (χ1n) is 5.57. The normalized spacial score (nSPS) is 28.8. The molecule has 0 aromatic heterocycles. The van der Waals surface area contributed by atoms with Crippen LogP contribution in [0, 0.1) is 5.82 Å². The number of benzene rings is 1. The summed E-state index contributed by atoms with van der Waals surface area (Å²) in [5.41, 5.74) is 0.860. The Bertz CT molecular complexity index is 421. The van der Waals surface area contributed by atoms with Crippen molar-refractivity contribution in [3.8, 4) is 0 Å². The van der Waals surface area contributed by atoms with Gasteiger partial charge in [-0.1, -0.05) is 13.8 Å². The van der Waals surface area contributed by atoms with Crippen molar-refractivity contribution >= 4 is 10.8 Å². The Kier molecular flexibility index (Phi) is 3.40. The third-order valence-corrected chi connectivity index (χ3v) is 4.68. The summed E-state index contributed by atoms with van der Waals surface area (Å²) in [6, 6.07) is 4.67. The van der Waals surface area contributed by atoms with E-state index in [9.17, 15) is 8.60 Å². The Labute approximate surface area is 97.7 Å². The fourth-order valence-corrected chi connectivity index (χ4v) is 3.61. The summed E-state index contributed by atoms with van der Waals surface area (Å²) in [5, 5.41) is 3.44. The maximum Gasteiger partial charge on any atom is 0.123 e. The van der Waals surface area contributed by atoms with Crippen molar-refractivity contribution in [2.24, 2.45) is 0 Å². The summed E-state index contributed by atoms with van der Waals surface area (Å²) in [7, 11) is -0.999. The number of hydrogen-bond donors (Lipinski definition) is 1. The summed E-state index contributed by atoms with van der Waals surface area (Å²) < 4.78 is 25.2. The van der Waals surface area contributed by atoms with Gasteiger partial charge in [0.05, 0.1) is 10.8 Å². The predicted octanol–water partition coefficient (Wildman–Crippen LogP) is 2.38. The van der Waals surface area contributed by atoms with E-state index < -0.39 is 10.8 Å². The summed E-state index contributed by atoms with van der Waals surface area (Å²) in [6.07, 6.45) is 0.802. The number of halogens is 1. The van der Waals surface area contributed by atoms with Crippen LogP contribution in [0.25, 0.3) is 0 Å². The molecule has 0 bridgehead atoms. The number of fused-ring (bicyclic) bond motifs is 1. The molecule has 4 heteroatoms. The smallest absolute Gasteiger partial charge is 0.123 e. The average Bonchev–Trinajstić information content (AvgIpc) is 2.26. The molecule has 16 heavy (non-hydrogen) atoms. The van der Waals surface area contributed by atoms with Crippen LogP contribution < -0.4 is 5.32 Å². The van der Waals surface area contributed by atoms with Gasteiger partial charge in [-0.3, -0.25) is 4.21 Å². The van der Waals surface area contributed by atoms with Crippen LogP contribution in [0.1, 0.15) is 31.9 Å². The van der Waals surface area contributed by atoms with Crippen molar-refractivity contribution in [2.45, 2.75) is 36.5 Å². The fraction of sp³-hybridized carbons (Fsp3) is 0.500. The Morgan fingerprint density at radius 3 is 3.00 bits per heavy atom. The van der Waals surface area contributed by atoms with E-state index in [1.54, 1.807) is 6.07 Å². The van der Waals surface area contributed by atoms with Crippen LogP contribution in [0.2, 0.25) is 0 Å². The quantitative estimate of drug-likeness (QED) is 0.861. The van der Waals surface area contributed by atoms with Crippen LogP contribution in [-0.2, 0) is 10.8 Å². The number of hydrogen-bond acceptors (Lipinski definition) is 2. The molecule has 3 unspecified atom stereocenters. The second kappa shape index (κ2) is 4.63. The molecule has 1 heterocycles. The monoisotopic (exact) mass is 241 g/mol. The van der Waals surface area contributed by atoms with Crippen molar-refractivity contribution < 1.29 is 8.60 Å². The molecule has 2 rings (SSSR count). The molecule has 0 saturated heterocycles. The van der Waals surface area contributed by atoms with Gasteiger partial charge in [0, 0.05) is 16.2 Å². The molecule has 1 aromatic carbocycles. The maximum atomic E-state index is 13.2. The molecule has 1 N–H and O–H groups in total. The van der Waals surface area contributed by atoms with E-state index in [1.165, 1.54) is 12.1 Å². The fourth-order valence-electron chi connectivity index (χ4n) is 2.18. The Balaban J connectivity index is 2.45. The lowest BCUT2D eigenvalue weighted by molar-refractivity contribution is 0.486. The number of rotatable bonds is 2. The molecule has 88 valence electrons. The van der Waals surface area contributed by atoms with Crippen LogP contribution in [0.4, 0.5) is 4.39 Å². The average molecular weight is 241 g/mol. The highest BCUT2D eigenvalue weighted by molar-refractivity contribution is 7.85. The lowest BCUT2D eigenvalue weighted by Gasteiger charge is -2.29. The van der Waals surface area contributed by atoms with Gasteiger partial charge in [-0.2, -0.15) is 0 Å². The SMILES string of the molecule is CCNC1CC(C)S(=O)c2ccc(F)cc21. The largest absolute Gasteiger partial charge is 0.310 e. The van der Waals surface area contributed by atoms with E-state index >= 15 is 0 Å². The molecule has 1 aliphatic heterocycles. The van der Waals surface area contributed by atoms with Crippen LogP contribution in [-0.4, -0.2) is 16.0 Å². The molecule has 2 nitrogen and oxygen atoms in total. The predicted molar refractivity (Wildman–Crippen MR) is 63.3 cm³/mol. The molecule has 0 fully saturated rings. The van der Waals surface area contributed by atoms with Gasteiger partial charge in [0.25, 0.3) is 0 Å². The maximum absolute atomic E-state index is 13.2. The highest BCUT2D eigenvalue weighted by atomic mass is 32.2. The Hall–Kier alpha value is -0.740. The van der Waals surface area contributed by atoms with E-state index in [2.05, 4.69) is 5.32 Å². The molecule has 0 amide bonds. The highest BCUT2D eigenvalue weighted by Gasteiger charge is 2.29. The minimum absolute atomic E-state index is 0.127. The molecule has 3 atom stereocenters. The minimum atomic E-state index is -0.999. The minimum Gasteiger partial charge on any atom is -0.310 e.